The summed E-state index contributed by atoms with van der Waals surface area (Å²) in [7, 11) is 0. The fraction of sp³-hybridized carbons (Fsp3) is 0.833. The number of carbonyl (C=O) groups excluding carboxylic acids is 1. The van der Waals surface area contributed by atoms with Crippen LogP contribution in [0.15, 0.2) is 0 Å². The molecule has 6 heteroatoms. The predicted molar refractivity (Wildman–Crippen MR) is 66.1 cm³/mol. The van der Waals surface area contributed by atoms with Gasteiger partial charge < -0.3 is 21.1 Å². The number of nitrogens with two attached hydrogens (primary N) is 1. The molecule has 0 saturated carbocycles. The third-order valence-electron chi connectivity index (χ3n) is 3.95. The average molecular weight is 255 g/mol. The van der Waals surface area contributed by atoms with Crippen LogP contribution < -0.4 is 11.1 Å². The van der Waals surface area contributed by atoms with Crippen LogP contribution in [0.1, 0.15) is 32.1 Å². The summed E-state index contributed by atoms with van der Waals surface area (Å²) in [6.07, 6.45) is 3.86. The molecule has 2 amide bonds. The molecule has 18 heavy (non-hydrogen) atoms. The minimum atomic E-state index is -0.736. The minimum absolute atomic E-state index is 0.0401. The van der Waals surface area contributed by atoms with Crippen LogP contribution in [0.2, 0.25) is 0 Å². The van der Waals surface area contributed by atoms with Gasteiger partial charge in [0.05, 0.1) is 0 Å². The van der Waals surface area contributed by atoms with E-state index in [9.17, 15) is 9.59 Å². The first-order chi connectivity index (χ1) is 8.61. The lowest BCUT2D eigenvalue weighted by molar-refractivity contribution is -0.138. The average Bonchev–Trinajstić information content (AvgIpc) is 2.57. The number of piperidine rings is 1. The van der Waals surface area contributed by atoms with Gasteiger partial charge in [0.25, 0.3) is 0 Å². The number of rotatable bonds is 4. The Bertz CT molecular complexity index is 321. The Hall–Kier alpha value is -1.30. The van der Waals surface area contributed by atoms with Crippen molar-refractivity contribution >= 4 is 12.0 Å². The van der Waals surface area contributed by atoms with E-state index >= 15 is 0 Å². The highest BCUT2D eigenvalue weighted by Crippen LogP contribution is 2.39. The Kier molecular flexibility index (Phi) is 4.06. The van der Waals surface area contributed by atoms with Crippen LogP contribution in [-0.4, -0.2) is 47.2 Å². The molecular weight excluding hydrogens is 234 g/mol. The smallest absolute Gasteiger partial charge is 0.317 e. The molecule has 102 valence electrons. The van der Waals surface area contributed by atoms with E-state index in [1.165, 1.54) is 0 Å². The normalized spacial score (nSPS) is 30.3. The predicted octanol–water partition coefficient (Wildman–Crippen LogP) is 0.372. The number of carbonyl (C=O) groups is 2. The monoisotopic (exact) mass is 255 g/mol. The highest BCUT2D eigenvalue weighted by molar-refractivity contribution is 5.75. The fourth-order valence-corrected chi connectivity index (χ4v) is 3.31. The van der Waals surface area contributed by atoms with E-state index in [0.29, 0.717) is 13.1 Å². The zero-order valence-corrected chi connectivity index (χ0v) is 10.5. The fourth-order valence-electron chi connectivity index (χ4n) is 3.31. The summed E-state index contributed by atoms with van der Waals surface area (Å²) in [5.41, 5.74) is 5.37. The lowest BCUT2D eigenvalue weighted by Gasteiger charge is -2.38. The Morgan fingerprint density at radius 3 is 2.39 bits per heavy atom. The van der Waals surface area contributed by atoms with Crippen molar-refractivity contribution in [3.8, 4) is 0 Å². The zero-order chi connectivity index (χ0) is 13.1. The minimum Gasteiger partial charge on any atom is -0.481 e. The van der Waals surface area contributed by atoms with Crippen LogP contribution in [0.25, 0.3) is 0 Å². The van der Waals surface area contributed by atoms with Gasteiger partial charge in [0.1, 0.15) is 0 Å². The summed E-state index contributed by atoms with van der Waals surface area (Å²) in [6.45, 7) is 0.934. The van der Waals surface area contributed by atoms with Gasteiger partial charge in [-0.2, -0.15) is 0 Å². The maximum atomic E-state index is 12.0. The topological polar surface area (TPSA) is 95.7 Å². The summed E-state index contributed by atoms with van der Waals surface area (Å²) in [5.74, 6) is -0.515. The maximum absolute atomic E-state index is 12.0. The number of urea groups is 1. The Morgan fingerprint density at radius 2 is 1.89 bits per heavy atom. The molecular formula is C12H21N3O3. The molecule has 2 aliphatic heterocycles. The van der Waals surface area contributed by atoms with Gasteiger partial charge in [-0.3, -0.25) is 4.79 Å². The van der Waals surface area contributed by atoms with Crippen molar-refractivity contribution < 1.29 is 14.7 Å². The van der Waals surface area contributed by atoms with Crippen molar-refractivity contribution in [2.24, 2.45) is 11.7 Å². The van der Waals surface area contributed by atoms with Gasteiger partial charge in [0, 0.05) is 31.6 Å². The molecule has 2 rings (SSSR count). The number of fused-ring (bicyclic) bond motifs is 2. The number of nitrogens with zero attached hydrogens (tertiary/aromatic N) is 1. The van der Waals surface area contributed by atoms with Crippen LogP contribution in [-0.2, 0) is 4.79 Å². The second kappa shape index (κ2) is 5.56. The molecule has 0 radical (unpaired) electrons. The number of nitrogens with one attached hydrogen (secondary N) is 1. The van der Waals surface area contributed by atoms with E-state index in [0.717, 1.165) is 25.7 Å². The lowest BCUT2D eigenvalue weighted by Crippen LogP contribution is -2.51. The standard InChI is InChI=1S/C12H21N3O3/c13-3-4-14-12(18)15-9-1-2-10(15)6-8(5-9)7-11(16)17/h8-10H,1-7,13H2,(H,14,18)(H,16,17). The first-order valence-electron chi connectivity index (χ1n) is 6.59. The molecule has 4 N–H and O–H groups in total. The molecule has 0 aliphatic carbocycles. The summed E-state index contributed by atoms with van der Waals surface area (Å²) in [6, 6.07) is 0.387. The highest BCUT2D eigenvalue weighted by atomic mass is 16.4. The van der Waals surface area contributed by atoms with Gasteiger partial charge in [0.15, 0.2) is 0 Å². The second-order valence-corrected chi connectivity index (χ2v) is 5.25. The first kappa shape index (κ1) is 13.1. The number of hydrogen-bond donors (Lipinski definition) is 3. The molecule has 2 heterocycles. The Labute approximate surface area is 107 Å². The Balaban J connectivity index is 1.93. The van der Waals surface area contributed by atoms with Crippen LogP contribution in [0, 0.1) is 5.92 Å². The second-order valence-electron chi connectivity index (χ2n) is 5.25. The van der Waals surface area contributed by atoms with E-state index in [1.54, 1.807) is 0 Å². The lowest BCUT2D eigenvalue weighted by atomic mass is 9.88. The van der Waals surface area contributed by atoms with Crippen molar-refractivity contribution in [1.82, 2.24) is 10.2 Å². The molecule has 0 aromatic heterocycles. The van der Waals surface area contributed by atoms with E-state index in [2.05, 4.69) is 5.32 Å². The van der Waals surface area contributed by atoms with Gasteiger partial charge in [-0.1, -0.05) is 0 Å². The molecule has 2 fully saturated rings. The first-order valence-corrected chi connectivity index (χ1v) is 6.59. The third kappa shape index (κ3) is 2.75. The number of aliphatic carboxylic acids is 1. The van der Waals surface area contributed by atoms with Gasteiger partial charge in [-0.05, 0) is 31.6 Å². The molecule has 2 bridgehead atoms. The quantitative estimate of drug-likeness (QED) is 0.676. The van der Waals surface area contributed by atoms with E-state index in [4.69, 9.17) is 10.8 Å². The van der Waals surface area contributed by atoms with Crippen LogP contribution >= 0.6 is 0 Å². The molecule has 0 aromatic carbocycles. The van der Waals surface area contributed by atoms with Gasteiger partial charge in [0.2, 0.25) is 0 Å². The van der Waals surface area contributed by atoms with Crippen molar-refractivity contribution in [2.75, 3.05) is 13.1 Å². The third-order valence-corrected chi connectivity index (χ3v) is 3.95. The number of amides is 2. The van der Waals surface area contributed by atoms with Crippen LogP contribution in [0.4, 0.5) is 4.79 Å². The van der Waals surface area contributed by atoms with Gasteiger partial charge in [-0.25, -0.2) is 4.79 Å². The number of carboxylic acid groups (broad SMARTS) is 1. The maximum Gasteiger partial charge on any atom is 0.317 e. The molecule has 6 nitrogen and oxygen atoms in total. The van der Waals surface area contributed by atoms with Crippen LogP contribution in [0.3, 0.4) is 0 Å². The summed E-state index contributed by atoms with van der Waals surface area (Å²) >= 11 is 0. The molecule has 2 unspecified atom stereocenters. The highest BCUT2D eigenvalue weighted by Gasteiger charge is 2.43. The van der Waals surface area contributed by atoms with Crippen molar-refractivity contribution in [3.63, 3.8) is 0 Å². The largest absolute Gasteiger partial charge is 0.481 e. The molecule has 2 aliphatic rings. The summed E-state index contributed by atoms with van der Waals surface area (Å²) in [4.78, 5) is 24.7. The van der Waals surface area contributed by atoms with E-state index < -0.39 is 5.97 Å². The molecule has 0 aromatic rings. The number of hydrogen-bond acceptors (Lipinski definition) is 3. The van der Waals surface area contributed by atoms with Gasteiger partial charge >= 0.3 is 12.0 Å². The molecule has 0 spiro atoms. The molecule has 2 atom stereocenters. The van der Waals surface area contributed by atoms with Crippen molar-refractivity contribution in [2.45, 2.75) is 44.2 Å². The van der Waals surface area contributed by atoms with Crippen molar-refractivity contribution in [3.05, 3.63) is 0 Å². The van der Waals surface area contributed by atoms with E-state index in [-0.39, 0.29) is 30.5 Å². The summed E-state index contributed by atoms with van der Waals surface area (Å²) in [5, 5.41) is 11.6. The Morgan fingerprint density at radius 1 is 1.28 bits per heavy atom. The molecule has 2 saturated heterocycles. The van der Waals surface area contributed by atoms with E-state index in [1.807, 2.05) is 4.90 Å². The van der Waals surface area contributed by atoms with Crippen LogP contribution in [0.5, 0.6) is 0 Å². The number of carboxylic acids is 1. The zero-order valence-electron chi connectivity index (χ0n) is 10.5. The summed E-state index contributed by atoms with van der Waals surface area (Å²) < 4.78 is 0. The SMILES string of the molecule is NCCNC(=O)N1C2CCC1CC(CC(=O)O)C2. The van der Waals surface area contributed by atoms with Crippen molar-refractivity contribution in [1.29, 1.82) is 0 Å². The van der Waals surface area contributed by atoms with Gasteiger partial charge in [-0.15, -0.1) is 0 Å².